The fourth-order valence-corrected chi connectivity index (χ4v) is 2.25. The van der Waals surface area contributed by atoms with E-state index < -0.39 is 0 Å². The molecule has 0 fully saturated rings. The molecule has 1 heterocycles. The first-order chi connectivity index (χ1) is 9.97. The smallest absolute Gasteiger partial charge is 0.222 e. The van der Waals surface area contributed by atoms with E-state index in [-0.39, 0.29) is 42.8 Å². The van der Waals surface area contributed by atoms with Crippen LogP contribution in [-0.4, -0.2) is 21.5 Å². The van der Waals surface area contributed by atoms with E-state index in [0.29, 0.717) is 6.42 Å². The van der Waals surface area contributed by atoms with Crippen molar-refractivity contribution in [3.63, 3.8) is 0 Å². The Labute approximate surface area is 149 Å². The molecule has 2 rings (SSSR count). The lowest BCUT2D eigenvalue weighted by Gasteiger charge is -2.16. The number of aromatic nitrogens is 2. The largest absolute Gasteiger partial charge is 0.350 e. The zero-order chi connectivity index (χ0) is 15.4. The summed E-state index contributed by atoms with van der Waals surface area (Å²) in [6, 6.07) is 7.94. The molecule has 0 spiro atoms. The van der Waals surface area contributed by atoms with Gasteiger partial charge in [-0.15, -0.1) is 24.8 Å². The van der Waals surface area contributed by atoms with Gasteiger partial charge in [-0.05, 0) is 38.5 Å². The molecule has 7 heteroatoms. The number of benzene rings is 1. The van der Waals surface area contributed by atoms with Crippen LogP contribution in [0.15, 0.2) is 36.7 Å². The van der Waals surface area contributed by atoms with E-state index in [2.05, 4.69) is 10.3 Å². The third-order valence-electron chi connectivity index (χ3n) is 3.38. The zero-order valence-electron chi connectivity index (χ0n) is 13.5. The molecule has 2 aromatic rings. The highest BCUT2D eigenvalue weighted by Crippen LogP contribution is 2.16. The van der Waals surface area contributed by atoms with Crippen LogP contribution in [0.25, 0.3) is 5.69 Å². The highest BCUT2D eigenvalue weighted by molar-refractivity contribution is 5.85. The lowest BCUT2D eigenvalue weighted by atomic mass is 10.1. The molecular weight excluding hydrogens is 335 g/mol. The number of nitrogens with zero attached hydrogens (tertiary/aromatic N) is 2. The quantitative estimate of drug-likeness (QED) is 0.862. The highest BCUT2D eigenvalue weighted by Gasteiger charge is 2.11. The third kappa shape index (κ3) is 5.86. The van der Waals surface area contributed by atoms with Gasteiger partial charge in [-0.25, -0.2) is 4.98 Å². The number of halogens is 2. The molecule has 0 radical (unpaired) electrons. The Morgan fingerprint density at radius 1 is 1.26 bits per heavy atom. The van der Waals surface area contributed by atoms with Gasteiger partial charge < -0.3 is 15.6 Å². The van der Waals surface area contributed by atoms with Crippen molar-refractivity contribution in [2.24, 2.45) is 5.73 Å². The molecule has 0 aliphatic carbocycles. The van der Waals surface area contributed by atoms with E-state index >= 15 is 0 Å². The number of amides is 1. The van der Waals surface area contributed by atoms with Crippen molar-refractivity contribution < 1.29 is 4.79 Å². The first kappa shape index (κ1) is 21.4. The predicted molar refractivity (Wildman–Crippen MR) is 97.6 cm³/mol. The van der Waals surface area contributed by atoms with Gasteiger partial charge in [0.1, 0.15) is 5.82 Å². The van der Waals surface area contributed by atoms with Crippen LogP contribution in [0, 0.1) is 6.92 Å². The molecular formula is C16H24Cl2N4O. The number of nitrogens with one attached hydrogen (secondary N) is 1. The summed E-state index contributed by atoms with van der Waals surface area (Å²) in [5.41, 5.74) is 7.75. The Hall–Kier alpha value is -1.56. The molecule has 1 amide bonds. The van der Waals surface area contributed by atoms with Gasteiger partial charge >= 0.3 is 0 Å². The number of carbonyl (C=O) groups excluding carboxylic acids is 1. The number of nitrogens with two attached hydrogens (primary N) is 1. The molecule has 1 aromatic carbocycles. The van der Waals surface area contributed by atoms with Crippen molar-refractivity contribution in [3.05, 3.63) is 48.0 Å². The Morgan fingerprint density at radius 2 is 1.87 bits per heavy atom. The molecule has 0 saturated carbocycles. The van der Waals surface area contributed by atoms with Crippen LogP contribution in [0.3, 0.4) is 0 Å². The normalized spacial score (nSPS) is 12.5. The first-order valence-electron chi connectivity index (χ1n) is 7.12. The molecule has 1 aromatic heterocycles. The van der Waals surface area contributed by atoms with E-state index in [1.807, 2.05) is 55.8 Å². The summed E-state index contributed by atoms with van der Waals surface area (Å²) in [6.07, 6.45) is 4.05. The van der Waals surface area contributed by atoms with Gasteiger partial charge in [-0.1, -0.05) is 12.1 Å². The molecule has 0 aliphatic rings. The summed E-state index contributed by atoms with van der Waals surface area (Å²) in [4.78, 5) is 15.9. The van der Waals surface area contributed by atoms with Crippen LogP contribution in [0.4, 0.5) is 0 Å². The van der Waals surface area contributed by atoms with Gasteiger partial charge in [0.05, 0.1) is 6.04 Å². The fraction of sp³-hybridized carbons (Fsp3) is 0.375. The summed E-state index contributed by atoms with van der Waals surface area (Å²) >= 11 is 0. The lowest BCUT2D eigenvalue weighted by Crippen LogP contribution is -2.31. The van der Waals surface area contributed by atoms with Crippen LogP contribution < -0.4 is 11.1 Å². The summed E-state index contributed by atoms with van der Waals surface area (Å²) in [5, 5.41) is 2.96. The molecule has 0 aliphatic heterocycles. The second kappa shape index (κ2) is 9.55. The number of rotatable bonds is 5. The van der Waals surface area contributed by atoms with Crippen molar-refractivity contribution in [2.45, 2.75) is 39.3 Å². The molecule has 128 valence electrons. The average Bonchev–Trinajstić information content (AvgIpc) is 2.84. The Bertz CT molecular complexity index is 611. The minimum absolute atomic E-state index is 0. The SMILES string of the molecule is Cc1nccn1-c1ccc(C(C)NC(=O)CC(C)N)cc1.Cl.Cl. The summed E-state index contributed by atoms with van der Waals surface area (Å²) in [7, 11) is 0. The van der Waals surface area contributed by atoms with E-state index in [0.717, 1.165) is 17.1 Å². The van der Waals surface area contributed by atoms with E-state index in [9.17, 15) is 4.79 Å². The third-order valence-corrected chi connectivity index (χ3v) is 3.38. The van der Waals surface area contributed by atoms with Crippen molar-refractivity contribution in [2.75, 3.05) is 0 Å². The van der Waals surface area contributed by atoms with Crippen molar-refractivity contribution in [1.82, 2.24) is 14.9 Å². The Morgan fingerprint density at radius 3 is 2.35 bits per heavy atom. The molecule has 5 nitrogen and oxygen atoms in total. The van der Waals surface area contributed by atoms with Gasteiger partial charge in [-0.3, -0.25) is 4.79 Å². The van der Waals surface area contributed by atoms with Crippen LogP contribution in [-0.2, 0) is 4.79 Å². The van der Waals surface area contributed by atoms with Crippen molar-refractivity contribution >= 4 is 30.7 Å². The van der Waals surface area contributed by atoms with Crippen LogP contribution in [0.2, 0.25) is 0 Å². The second-order valence-corrected chi connectivity index (χ2v) is 5.41. The monoisotopic (exact) mass is 358 g/mol. The maximum atomic E-state index is 11.7. The maximum Gasteiger partial charge on any atom is 0.222 e. The summed E-state index contributed by atoms with van der Waals surface area (Å²) in [5.74, 6) is 0.924. The van der Waals surface area contributed by atoms with Crippen molar-refractivity contribution in [1.29, 1.82) is 0 Å². The minimum atomic E-state index is -0.121. The van der Waals surface area contributed by atoms with Gasteiger partial charge in [-0.2, -0.15) is 0 Å². The van der Waals surface area contributed by atoms with Crippen LogP contribution in [0.5, 0.6) is 0 Å². The maximum absolute atomic E-state index is 11.7. The highest BCUT2D eigenvalue weighted by atomic mass is 35.5. The van der Waals surface area contributed by atoms with Gasteiger partial charge in [0.15, 0.2) is 0 Å². The van der Waals surface area contributed by atoms with Gasteiger partial charge in [0.25, 0.3) is 0 Å². The minimum Gasteiger partial charge on any atom is -0.350 e. The fourth-order valence-electron chi connectivity index (χ4n) is 2.25. The number of imidazole rings is 1. The van der Waals surface area contributed by atoms with E-state index in [4.69, 9.17) is 5.73 Å². The molecule has 2 unspecified atom stereocenters. The van der Waals surface area contributed by atoms with Crippen LogP contribution >= 0.6 is 24.8 Å². The number of hydrogen-bond donors (Lipinski definition) is 2. The van der Waals surface area contributed by atoms with Crippen molar-refractivity contribution in [3.8, 4) is 5.69 Å². The van der Waals surface area contributed by atoms with E-state index in [1.54, 1.807) is 6.20 Å². The standard InChI is InChI=1S/C16H22N4O.2ClH/c1-11(17)10-16(21)19-12(2)14-4-6-15(7-5-14)20-9-8-18-13(20)3;;/h4-9,11-12H,10,17H2,1-3H3,(H,19,21);2*1H. The molecule has 0 bridgehead atoms. The average molecular weight is 359 g/mol. The molecule has 3 N–H and O–H groups in total. The summed E-state index contributed by atoms with van der Waals surface area (Å²) in [6.45, 7) is 5.76. The Kier molecular flexibility index (Phi) is 8.90. The number of carbonyl (C=O) groups is 1. The first-order valence-corrected chi connectivity index (χ1v) is 7.12. The lowest BCUT2D eigenvalue weighted by molar-refractivity contribution is -0.122. The van der Waals surface area contributed by atoms with Gasteiger partial charge in [0, 0.05) is 30.5 Å². The molecule has 0 saturated heterocycles. The Balaban J connectivity index is 0.00000242. The molecule has 2 atom stereocenters. The second-order valence-electron chi connectivity index (χ2n) is 5.41. The topological polar surface area (TPSA) is 72.9 Å². The number of hydrogen-bond acceptors (Lipinski definition) is 3. The molecule has 23 heavy (non-hydrogen) atoms. The number of aryl methyl sites for hydroxylation is 1. The predicted octanol–water partition coefficient (Wildman–Crippen LogP) is 2.94. The van der Waals surface area contributed by atoms with Crippen LogP contribution in [0.1, 0.15) is 37.7 Å². The zero-order valence-corrected chi connectivity index (χ0v) is 15.2. The van der Waals surface area contributed by atoms with E-state index in [1.165, 1.54) is 0 Å². The summed E-state index contributed by atoms with van der Waals surface area (Å²) < 4.78 is 2.02. The van der Waals surface area contributed by atoms with Gasteiger partial charge in [0.2, 0.25) is 5.91 Å².